The fraction of sp³-hybridized carbons (Fsp3) is 0.346. The third-order valence-corrected chi connectivity index (χ3v) is 6.05. The van der Waals surface area contributed by atoms with Crippen molar-refractivity contribution in [2.24, 2.45) is 11.5 Å². The van der Waals surface area contributed by atoms with E-state index in [1.54, 1.807) is 42.5 Å². The highest BCUT2D eigenvalue weighted by Gasteiger charge is 2.26. The third-order valence-electron chi connectivity index (χ3n) is 5.68. The number of amides is 5. The van der Waals surface area contributed by atoms with Gasteiger partial charge in [0.15, 0.2) is 0 Å². The first-order valence-electron chi connectivity index (χ1n) is 12.2. The number of nitrogens with one attached hydrogen (secondary N) is 4. The third kappa shape index (κ3) is 10.7. The molecule has 39 heavy (non-hydrogen) atoms. The van der Waals surface area contributed by atoms with Crippen LogP contribution in [0.4, 0.5) is 0 Å². The lowest BCUT2D eigenvalue weighted by Gasteiger charge is -2.22. The molecule has 0 spiro atoms. The van der Waals surface area contributed by atoms with Gasteiger partial charge in [-0.1, -0.05) is 42.5 Å². The first-order chi connectivity index (χ1) is 18.5. The van der Waals surface area contributed by atoms with Crippen molar-refractivity contribution in [3.05, 3.63) is 65.7 Å². The van der Waals surface area contributed by atoms with Crippen molar-refractivity contribution in [2.75, 3.05) is 12.3 Å². The summed E-state index contributed by atoms with van der Waals surface area (Å²) >= 11 is 4.01. The Morgan fingerprint density at radius 2 is 1.44 bits per heavy atom. The number of hydrogen-bond acceptors (Lipinski definition) is 8. The number of carbonyl (C=O) groups is 5. The highest BCUT2D eigenvalue weighted by atomic mass is 32.1. The number of thiol groups is 1. The number of aromatic hydroxyl groups is 1. The Hall–Kier alpha value is -4.10. The molecule has 2 aromatic carbocycles. The van der Waals surface area contributed by atoms with Crippen LogP contribution in [0.15, 0.2) is 54.6 Å². The van der Waals surface area contributed by atoms with Gasteiger partial charge >= 0.3 is 0 Å². The Morgan fingerprint density at radius 3 is 2.03 bits per heavy atom. The van der Waals surface area contributed by atoms with E-state index >= 15 is 0 Å². The van der Waals surface area contributed by atoms with Crippen LogP contribution in [0.25, 0.3) is 0 Å². The van der Waals surface area contributed by atoms with E-state index in [1.165, 1.54) is 19.1 Å². The fourth-order valence-electron chi connectivity index (χ4n) is 3.47. The van der Waals surface area contributed by atoms with Gasteiger partial charge in [0.05, 0.1) is 12.6 Å². The number of rotatable bonds is 14. The predicted octanol–water partition coefficient (Wildman–Crippen LogP) is -1.49. The van der Waals surface area contributed by atoms with Gasteiger partial charge in [-0.3, -0.25) is 24.0 Å². The minimum atomic E-state index is -1.06. The zero-order valence-corrected chi connectivity index (χ0v) is 22.3. The molecule has 0 radical (unpaired) electrons. The number of phenolic OH excluding ortho intramolecular Hbond substituents is 1. The number of carbonyl (C=O) groups excluding carboxylic acids is 5. The molecule has 0 aromatic heterocycles. The van der Waals surface area contributed by atoms with E-state index < -0.39 is 60.2 Å². The maximum absolute atomic E-state index is 12.8. The predicted molar refractivity (Wildman–Crippen MR) is 147 cm³/mol. The van der Waals surface area contributed by atoms with Crippen molar-refractivity contribution in [3.63, 3.8) is 0 Å². The molecule has 0 unspecified atom stereocenters. The SMILES string of the molecule is C[C@H](NC(=O)[C@@H](N)Cc1ccc(O)cc1)C(=O)NCC(=O)N[C@@H](Cc1ccccc1)C(=O)N[C@@H](CS)C(N)=O. The van der Waals surface area contributed by atoms with Crippen molar-refractivity contribution < 1.29 is 29.1 Å². The van der Waals surface area contributed by atoms with Gasteiger partial charge in [0, 0.05) is 12.2 Å². The Bertz CT molecular complexity index is 1150. The van der Waals surface area contributed by atoms with Crippen LogP contribution < -0.4 is 32.7 Å². The second-order valence-electron chi connectivity index (χ2n) is 8.88. The molecule has 2 aromatic rings. The zero-order chi connectivity index (χ0) is 28.9. The number of nitrogens with two attached hydrogens (primary N) is 2. The Balaban J connectivity index is 1.91. The van der Waals surface area contributed by atoms with Crippen LogP contribution in [0.1, 0.15) is 18.1 Å². The highest BCUT2D eigenvalue weighted by molar-refractivity contribution is 7.80. The molecule has 2 rings (SSSR count). The average molecular weight is 559 g/mol. The van der Waals surface area contributed by atoms with E-state index in [4.69, 9.17) is 11.5 Å². The topological polar surface area (TPSA) is 206 Å². The molecule has 12 nitrogen and oxygen atoms in total. The monoisotopic (exact) mass is 558 g/mol. The summed E-state index contributed by atoms with van der Waals surface area (Å²) in [4.78, 5) is 61.8. The van der Waals surface area contributed by atoms with Gasteiger partial charge in [-0.25, -0.2) is 0 Å². The van der Waals surface area contributed by atoms with Crippen LogP contribution in [0, 0.1) is 0 Å². The Kier molecular flexibility index (Phi) is 12.2. The van der Waals surface area contributed by atoms with Crippen LogP contribution in [0.5, 0.6) is 5.75 Å². The molecule has 4 atom stereocenters. The number of phenols is 1. The molecule has 13 heteroatoms. The van der Waals surface area contributed by atoms with Gasteiger partial charge in [-0.05, 0) is 36.6 Å². The van der Waals surface area contributed by atoms with Crippen molar-refractivity contribution in [3.8, 4) is 5.75 Å². The molecule has 0 saturated carbocycles. The average Bonchev–Trinajstić information content (AvgIpc) is 2.91. The summed E-state index contributed by atoms with van der Waals surface area (Å²) < 4.78 is 0. The maximum atomic E-state index is 12.8. The maximum Gasteiger partial charge on any atom is 0.243 e. The lowest BCUT2D eigenvalue weighted by molar-refractivity contribution is -0.132. The molecular formula is C26H34N6O6S. The summed E-state index contributed by atoms with van der Waals surface area (Å²) in [5.74, 6) is -3.21. The molecule has 0 fully saturated rings. The van der Waals surface area contributed by atoms with Crippen molar-refractivity contribution in [2.45, 2.75) is 43.9 Å². The molecule has 210 valence electrons. The van der Waals surface area contributed by atoms with Gasteiger partial charge in [0.2, 0.25) is 29.5 Å². The zero-order valence-electron chi connectivity index (χ0n) is 21.4. The summed E-state index contributed by atoms with van der Waals surface area (Å²) in [7, 11) is 0. The second kappa shape index (κ2) is 15.3. The first kappa shape index (κ1) is 31.1. The van der Waals surface area contributed by atoms with Crippen LogP contribution >= 0.6 is 12.6 Å². The van der Waals surface area contributed by atoms with E-state index in [9.17, 15) is 29.1 Å². The van der Waals surface area contributed by atoms with E-state index in [1.807, 2.05) is 0 Å². The Labute approximate surface area is 231 Å². The second-order valence-corrected chi connectivity index (χ2v) is 9.25. The summed E-state index contributed by atoms with van der Waals surface area (Å²) in [6, 6.07) is 11.1. The lowest BCUT2D eigenvalue weighted by atomic mass is 10.0. The highest BCUT2D eigenvalue weighted by Crippen LogP contribution is 2.11. The summed E-state index contributed by atoms with van der Waals surface area (Å²) in [5.41, 5.74) is 12.7. The van der Waals surface area contributed by atoms with E-state index in [0.717, 1.165) is 11.1 Å². The number of primary amides is 1. The fourth-order valence-corrected chi connectivity index (χ4v) is 3.74. The van der Waals surface area contributed by atoms with Crippen LogP contribution in [-0.2, 0) is 36.8 Å². The summed E-state index contributed by atoms with van der Waals surface area (Å²) in [6.07, 6.45) is 0.313. The van der Waals surface area contributed by atoms with Crippen LogP contribution in [-0.4, -0.2) is 71.1 Å². The van der Waals surface area contributed by atoms with Gasteiger partial charge < -0.3 is 37.8 Å². The van der Waals surface area contributed by atoms with Crippen molar-refractivity contribution in [1.82, 2.24) is 21.3 Å². The number of hydrogen-bond donors (Lipinski definition) is 8. The standard InChI is InChI=1S/C26H34N6O6S/c1-15(30-25(37)19(27)11-17-7-9-18(33)10-8-17)24(36)29-13-22(34)31-20(12-16-5-3-2-4-6-16)26(38)32-21(14-39)23(28)35/h2-10,15,19-21,33,39H,11-14,27H2,1H3,(H2,28,35)(H,29,36)(H,30,37)(H,31,34)(H,32,38)/t15-,19-,20-,21-/m0/s1. The molecule has 0 aliphatic rings. The normalized spacial score (nSPS) is 13.7. The minimum Gasteiger partial charge on any atom is -0.508 e. The first-order valence-corrected chi connectivity index (χ1v) is 12.8. The minimum absolute atomic E-state index is 0.0225. The molecule has 0 aliphatic carbocycles. The van der Waals surface area contributed by atoms with Gasteiger partial charge in [0.1, 0.15) is 23.9 Å². The molecule has 0 bridgehead atoms. The largest absolute Gasteiger partial charge is 0.508 e. The van der Waals surface area contributed by atoms with Gasteiger partial charge in [0.25, 0.3) is 0 Å². The number of benzene rings is 2. The van der Waals surface area contributed by atoms with Crippen molar-refractivity contribution >= 4 is 42.2 Å². The summed E-state index contributed by atoms with van der Waals surface area (Å²) in [5, 5.41) is 19.3. The van der Waals surface area contributed by atoms with Gasteiger partial charge in [-0.2, -0.15) is 12.6 Å². The van der Waals surface area contributed by atoms with Gasteiger partial charge in [-0.15, -0.1) is 0 Å². The molecule has 0 heterocycles. The quantitative estimate of drug-likeness (QED) is 0.129. The summed E-state index contributed by atoms with van der Waals surface area (Å²) in [6.45, 7) is 0.967. The molecule has 5 amide bonds. The van der Waals surface area contributed by atoms with E-state index in [2.05, 4.69) is 33.9 Å². The van der Waals surface area contributed by atoms with Crippen LogP contribution in [0.2, 0.25) is 0 Å². The molecule has 9 N–H and O–H groups in total. The van der Waals surface area contributed by atoms with E-state index in [0.29, 0.717) is 0 Å². The smallest absolute Gasteiger partial charge is 0.243 e. The Morgan fingerprint density at radius 1 is 0.821 bits per heavy atom. The van der Waals surface area contributed by atoms with Crippen LogP contribution in [0.3, 0.4) is 0 Å². The molecule has 0 aliphatic heterocycles. The van der Waals surface area contributed by atoms with Crippen molar-refractivity contribution in [1.29, 1.82) is 0 Å². The lowest BCUT2D eigenvalue weighted by Crippen LogP contribution is -2.56. The molecule has 0 saturated heterocycles. The van der Waals surface area contributed by atoms with E-state index in [-0.39, 0.29) is 24.3 Å². The molecular weight excluding hydrogens is 524 g/mol.